The Hall–Kier alpha value is -0.570. The molecule has 0 bridgehead atoms. The Balaban J connectivity index is 2.04. The van der Waals surface area contributed by atoms with Gasteiger partial charge in [-0.1, -0.05) is 23.7 Å². The van der Waals surface area contributed by atoms with Gasteiger partial charge in [0.05, 0.1) is 0 Å². The third-order valence-electron chi connectivity index (χ3n) is 3.45. The maximum atomic E-state index is 5.91. The predicted octanol–water partition coefficient (Wildman–Crippen LogP) is 2.91. The molecule has 1 aromatic carbocycles. The number of nitrogens with zero attached hydrogens (tertiary/aromatic N) is 1. The number of halogens is 1. The van der Waals surface area contributed by atoms with Crippen molar-refractivity contribution in [3.05, 3.63) is 34.9 Å². The molecule has 1 heterocycles. The Kier molecular flexibility index (Phi) is 4.43. The van der Waals surface area contributed by atoms with Gasteiger partial charge in [0.1, 0.15) is 0 Å². The Labute approximate surface area is 109 Å². The second-order valence-electron chi connectivity index (χ2n) is 5.04. The Morgan fingerprint density at radius 2 is 2.06 bits per heavy atom. The third kappa shape index (κ3) is 3.44. The van der Waals surface area contributed by atoms with Crippen LogP contribution in [0.4, 0.5) is 0 Å². The molecule has 1 atom stereocenters. The van der Waals surface area contributed by atoms with E-state index in [0.717, 1.165) is 24.7 Å². The molecule has 0 radical (unpaired) electrons. The number of hydrogen-bond acceptors (Lipinski definition) is 2. The molecule has 94 valence electrons. The fourth-order valence-electron chi connectivity index (χ4n) is 2.46. The predicted molar refractivity (Wildman–Crippen MR) is 73.4 cm³/mol. The Morgan fingerprint density at radius 1 is 1.35 bits per heavy atom. The van der Waals surface area contributed by atoms with Crippen LogP contribution in [0.2, 0.25) is 5.02 Å². The van der Waals surface area contributed by atoms with E-state index in [1.54, 1.807) is 0 Å². The number of hydrogen-bond donors (Lipinski definition) is 1. The van der Waals surface area contributed by atoms with Crippen LogP contribution in [-0.4, -0.2) is 30.1 Å². The highest BCUT2D eigenvalue weighted by atomic mass is 35.5. The smallest absolute Gasteiger partial charge is 0.0406 e. The summed E-state index contributed by atoms with van der Waals surface area (Å²) in [6.45, 7) is 7.82. The number of nitrogens with one attached hydrogen (secondary N) is 1. The monoisotopic (exact) mass is 252 g/mol. The van der Waals surface area contributed by atoms with Crippen molar-refractivity contribution in [2.24, 2.45) is 0 Å². The molecule has 1 fully saturated rings. The van der Waals surface area contributed by atoms with Crippen LogP contribution in [-0.2, 0) is 6.54 Å². The average Bonchev–Trinajstić information content (AvgIpc) is 2.81. The normalized spacial score (nSPS) is 20.4. The average molecular weight is 253 g/mol. The first-order valence-corrected chi connectivity index (χ1v) is 6.75. The van der Waals surface area contributed by atoms with Gasteiger partial charge in [0.15, 0.2) is 0 Å². The van der Waals surface area contributed by atoms with Crippen LogP contribution < -0.4 is 5.32 Å². The molecule has 0 aromatic heterocycles. The van der Waals surface area contributed by atoms with Crippen LogP contribution in [0.3, 0.4) is 0 Å². The molecule has 2 rings (SSSR count). The van der Waals surface area contributed by atoms with Gasteiger partial charge in [-0.25, -0.2) is 0 Å². The van der Waals surface area contributed by atoms with Gasteiger partial charge in [-0.15, -0.1) is 0 Å². The molecule has 1 N–H and O–H groups in total. The van der Waals surface area contributed by atoms with Crippen molar-refractivity contribution in [1.29, 1.82) is 0 Å². The molecular formula is C14H21ClN2. The highest BCUT2D eigenvalue weighted by Gasteiger charge is 2.24. The zero-order chi connectivity index (χ0) is 12.3. The quantitative estimate of drug-likeness (QED) is 0.887. The maximum Gasteiger partial charge on any atom is 0.0406 e. The molecule has 0 unspecified atom stereocenters. The Morgan fingerprint density at radius 3 is 2.59 bits per heavy atom. The van der Waals surface area contributed by atoms with E-state index in [4.69, 9.17) is 11.6 Å². The summed E-state index contributed by atoms with van der Waals surface area (Å²) >= 11 is 5.91. The Bertz CT molecular complexity index is 342. The lowest BCUT2D eigenvalue weighted by molar-refractivity contribution is 0.154. The van der Waals surface area contributed by atoms with E-state index in [9.17, 15) is 0 Å². The van der Waals surface area contributed by atoms with Crippen LogP contribution in [0.15, 0.2) is 24.3 Å². The first-order valence-electron chi connectivity index (χ1n) is 6.37. The maximum absolute atomic E-state index is 5.91. The molecule has 0 saturated carbocycles. The van der Waals surface area contributed by atoms with Crippen molar-refractivity contribution in [2.75, 3.05) is 13.1 Å². The van der Waals surface area contributed by atoms with Crippen molar-refractivity contribution in [2.45, 2.75) is 38.9 Å². The second-order valence-corrected chi connectivity index (χ2v) is 5.48. The number of rotatable bonds is 4. The zero-order valence-corrected chi connectivity index (χ0v) is 11.4. The first kappa shape index (κ1) is 12.9. The van der Waals surface area contributed by atoms with Crippen molar-refractivity contribution in [1.82, 2.24) is 10.2 Å². The van der Waals surface area contributed by atoms with E-state index in [1.165, 1.54) is 12.0 Å². The lowest BCUT2D eigenvalue weighted by Gasteiger charge is -2.32. The SMILES string of the molecule is CC(C)N(Cc1ccc(Cl)cc1)[C@H]1CCNC1. The third-order valence-corrected chi connectivity index (χ3v) is 3.70. The zero-order valence-electron chi connectivity index (χ0n) is 10.6. The van der Waals surface area contributed by atoms with Crippen molar-refractivity contribution in [3.8, 4) is 0 Å². The van der Waals surface area contributed by atoms with Crippen molar-refractivity contribution >= 4 is 11.6 Å². The summed E-state index contributed by atoms with van der Waals surface area (Å²) in [5.41, 5.74) is 1.34. The summed E-state index contributed by atoms with van der Waals surface area (Å²) in [6.07, 6.45) is 1.26. The molecular weight excluding hydrogens is 232 g/mol. The van der Waals surface area contributed by atoms with Gasteiger partial charge >= 0.3 is 0 Å². The summed E-state index contributed by atoms with van der Waals surface area (Å²) in [6, 6.07) is 9.45. The summed E-state index contributed by atoms with van der Waals surface area (Å²) in [4.78, 5) is 2.57. The highest BCUT2D eigenvalue weighted by Crippen LogP contribution is 2.18. The van der Waals surface area contributed by atoms with Gasteiger partial charge < -0.3 is 5.32 Å². The van der Waals surface area contributed by atoms with Gasteiger partial charge in [0.2, 0.25) is 0 Å². The molecule has 1 aromatic rings. The van der Waals surface area contributed by atoms with Gasteiger partial charge in [-0.05, 0) is 44.5 Å². The lowest BCUT2D eigenvalue weighted by atomic mass is 10.1. The number of benzene rings is 1. The van der Waals surface area contributed by atoms with Crippen LogP contribution in [0.25, 0.3) is 0 Å². The van der Waals surface area contributed by atoms with Crippen LogP contribution in [0.1, 0.15) is 25.8 Å². The second kappa shape index (κ2) is 5.85. The van der Waals surface area contributed by atoms with Crippen molar-refractivity contribution in [3.63, 3.8) is 0 Å². The fourth-order valence-corrected chi connectivity index (χ4v) is 2.58. The van der Waals surface area contributed by atoms with E-state index >= 15 is 0 Å². The van der Waals surface area contributed by atoms with E-state index in [-0.39, 0.29) is 0 Å². The van der Waals surface area contributed by atoms with Gasteiger partial charge in [-0.2, -0.15) is 0 Å². The summed E-state index contributed by atoms with van der Waals surface area (Å²) in [5, 5.41) is 4.25. The van der Waals surface area contributed by atoms with Crippen LogP contribution >= 0.6 is 11.6 Å². The standard InChI is InChI=1S/C14H21ClN2/c1-11(2)17(14-7-8-16-9-14)10-12-3-5-13(15)6-4-12/h3-6,11,14,16H,7-10H2,1-2H3/t14-/m0/s1. The minimum Gasteiger partial charge on any atom is -0.315 e. The van der Waals surface area contributed by atoms with Crippen LogP contribution in [0.5, 0.6) is 0 Å². The van der Waals surface area contributed by atoms with E-state index < -0.39 is 0 Å². The van der Waals surface area contributed by atoms with Crippen LogP contribution in [0, 0.1) is 0 Å². The summed E-state index contributed by atoms with van der Waals surface area (Å²) < 4.78 is 0. The summed E-state index contributed by atoms with van der Waals surface area (Å²) in [5.74, 6) is 0. The topological polar surface area (TPSA) is 15.3 Å². The molecule has 2 nitrogen and oxygen atoms in total. The molecule has 1 aliphatic rings. The highest BCUT2D eigenvalue weighted by molar-refractivity contribution is 6.30. The molecule has 1 aliphatic heterocycles. The molecule has 3 heteroatoms. The first-order chi connectivity index (χ1) is 8.16. The van der Waals surface area contributed by atoms with Crippen molar-refractivity contribution < 1.29 is 0 Å². The minimum atomic E-state index is 0.579. The molecule has 0 amide bonds. The lowest BCUT2D eigenvalue weighted by Crippen LogP contribution is -2.41. The van der Waals surface area contributed by atoms with Gasteiger partial charge in [0, 0.05) is 30.2 Å². The molecule has 0 aliphatic carbocycles. The molecule has 0 spiro atoms. The minimum absolute atomic E-state index is 0.579. The fraction of sp³-hybridized carbons (Fsp3) is 0.571. The summed E-state index contributed by atoms with van der Waals surface area (Å²) in [7, 11) is 0. The largest absolute Gasteiger partial charge is 0.315 e. The molecule has 17 heavy (non-hydrogen) atoms. The van der Waals surface area contributed by atoms with Gasteiger partial charge in [0.25, 0.3) is 0 Å². The van der Waals surface area contributed by atoms with E-state index in [2.05, 4.69) is 36.2 Å². The van der Waals surface area contributed by atoms with E-state index in [0.29, 0.717) is 12.1 Å². The van der Waals surface area contributed by atoms with E-state index in [1.807, 2.05) is 12.1 Å². The van der Waals surface area contributed by atoms with Gasteiger partial charge in [-0.3, -0.25) is 4.90 Å². The molecule has 1 saturated heterocycles.